The second-order valence-corrected chi connectivity index (χ2v) is 7.35. The second kappa shape index (κ2) is 6.47. The SMILES string of the molecule is Cc1c(-c2ccccc2)sc2ncn(Cc3cccc(Cl)c3)c(=O)c12. The van der Waals surface area contributed by atoms with Crippen molar-refractivity contribution in [3.63, 3.8) is 0 Å². The van der Waals surface area contributed by atoms with Gasteiger partial charge in [-0.05, 0) is 35.7 Å². The Kier molecular flexibility index (Phi) is 4.15. The van der Waals surface area contributed by atoms with Crippen molar-refractivity contribution in [3.8, 4) is 10.4 Å². The summed E-state index contributed by atoms with van der Waals surface area (Å²) in [4.78, 5) is 19.4. The van der Waals surface area contributed by atoms with Crippen molar-refractivity contribution >= 4 is 33.2 Å². The molecule has 4 aromatic rings. The summed E-state index contributed by atoms with van der Waals surface area (Å²) in [7, 11) is 0. The summed E-state index contributed by atoms with van der Waals surface area (Å²) in [5.41, 5.74) is 3.07. The fraction of sp³-hybridized carbons (Fsp3) is 0.100. The maximum Gasteiger partial charge on any atom is 0.262 e. The molecule has 0 atom stereocenters. The lowest BCUT2D eigenvalue weighted by Gasteiger charge is -2.06. The number of rotatable bonds is 3. The van der Waals surface area contributed by atoms with Gasteiger partial charge in [-0.3, -0.25) is 9.36 Å². The van der Waals surface area contributed by atoms with Crippen molar-refractivity contribution in [1.29, 1.82) is 0 Å². The van der Waals surface area contributed by atoms with E-state index in [0.717, 1.165) is 26.4 Å². The molecule has 124 valence electrons. The first-order valence-corrected chi connectivity index (χ1v) is 9.11. The van der Waals surface area contributed by atoms with Crippen LogP contribution in [0.2, 0.25) is 5.02 Å². The highest BCUT2D eigenvalue weighted by atomic mass is 35.5. The number of benzene rings is 2. The predicted octanol–water partition coefficient (Wildman–Crippen LogP) is 5.14. The molecule has 2 heterocycles. The van der Waals surface area contributed by atoms with Gasteiger partial charge < -0.3 is 0 Å². The summed E-state index contributed by atoms with van der Waals surface area (Å²) in [6, 6.07) is 17.6. The Morgan fingerprint density at radius 3 is 2.68 bits per heavy atom. The number of halogens is 1. The van der Waals surface area contributed by atoms with Gasteiger partial charge >= 0.3 is 0 Å². The molecule has 0 aliphatic heterocycles. The molecule has 0 bridgehead atoms. The van der Waals surface area contributed by atoms with E-state index in [1.165, 1.54) is 0 Å². The van der Waals surface area contributed by atoms with E-state index >= 15 is 0 Å². The number of thiophene rings is 1. The van der Waals surface area contributed by atoms with Crippen LogP contribution in [0.15, 0.2) is 65.7 Å². The Morgan fingerprint density at radius 2 is 1.92 bits per heavy atom. The molecule has 0 unspecified atom stereocenters. The quantitative estimate of drug-likeness (QED) is 0.503. The molecule has 0 aliphatic rings. The highest BCUT2D eigenvalue weighted by Crippen LogP contribution is 2.35. The van der Waals surface area contributed by atoms with Crippen LogP contribution in [0.25, 0.3) is 20.7 Å². The monoisotopic (exact) mass is 366 g/mol. The van der Waals surface area contributed by atoms with Crippen molar-refractivity contribution in [2.24, 2.45) is 0 Å². The third kappa shape index (κ3) is 2.99. The number of hydrogen-bond donors (Lipinski definition) is 0. The molecule has 0 radical (unpaired) electrons. The molecule has 0 saturated heterocycles. The highest BCUT2D eigenvalue weighted by Gasteiger charge is 2.15. The van der Waals surface area contributed by atoms with Crippen LogP contribution in [0.3, 0.4) is 0 Å². The fourth-order valence-corrected chi connectivity index (χ4v) is 4.33. The third-order valence-electron chi connectivity index (χ3n) is 4.20. The van der Waals surface area contributed by atoms with E-state index in [-0.39, 0.29) is 5.56 Å². The normalized spacial score (nSPS) is 11.1. The first-order chi connectivity index (χ1) is 12.1. The largest absolute Gasteiger partial charge is 0.294 e. The molecule has 3 nitrogen and oxygen atoms in total. The van der Waals surface area contributed by atoms with Crippen LogP contribution in [-0.4, -0.2) is 9.55 Å². The Morgan fingerprint density at radius 1 is 1.12 bits per heavy atom. The van der Waals surface area contributed by atoms with Gasteiger partial charge in [0, 0.05) is 9.90 Å². The standard InChI is InChI=1S/C20H15ClN2OS/c1-13-17-19(25-18(13)15-7-3-2-4-8-15)22-12-23(20(17)24)11-14-6-5-9-16(21)10-14/h2-10,12H,11H2,1H3. The van der Waals surface area contributed by atoms with Gasteiger partial charge in [-0.2, -0.15) is 0 Å². The highest BCUT2D eigenvalue weighted by molar-refractivity contribution is 7.22. The lowest BCUT2D eigenvalue weighted by molar-refractivity contribution is 0.749. The van der Waals surface area contributed by atoms with Crippen molar-refractivity contribution in [2.45, 2.75) is 13.5 Å². The van der Waals surface area contributed by atoms with E-state index < -0.39 is 0 Å². The summed E-state index contributed by atoms with van der Waals surface area (Å²) in [6.45, 7) is 2.45. The smallest absolute Gasteiger partial charge is 0.262 e. The van der Waals surface area contributed by atoms with Crippen LogP contribution < -0.4 is 5.56 Å². The molecule has 0 spiro atoms. The van der Waals surface area contributed by atoms with Gasteiger partial charge in [0.2, 0.25) is 0 Å². The van der Waals surface area contributed by atoms with Gasteiger partial charge in [0.25, 0.3) is 5.56 Å². The topological polar surface area (TPSA) is 34.9 Å². The van der Waals surface area contributed by atoms with E-state index in [2.05, 4.69) is 17.1 Å². The molecule has 2 aromatic heterocycles. The molecular formula is C20H15ClN2OS. The zero-order chi connectivity index (χ0) is 17.4. The molecule has 0 amide bonds. The summed E-state index contributed by atoms with van der Waals surface area (Å²) >= 11 is 7.60. The molecule has 0 saturated carbocycles. The van der Waals surface area contributed by atoms with E-state index in [1.54, 1.807) is 22.2 Å². The van der Waals surface area contributed by atoms with Crippen molar-refractivity contribution < 1.29 is 0 Å². The minimum Gasteiger partial charge on any atom is -0.294 e. The second-order valence-electron chi connectivity index (χ2n) is 5.91. The Hall–Kier alpha value is -2.43. The summed E-state index contributed by atoms with van der Waals surface area (Å²) in [5, 5.41) is 1.37. The zero-order valence-corrected chi connectivity index (χ0v) is 15.1. The Bertz CT molecular complexity index is 1120. The number of aryl methyl sites for hydroxylation is 1. The van der Waals surface area contributed by atoms with Crippen LogP contribution in [0.1, 0.15) is 11.1 Å². The molecule has 2 aromatic carbocycles. The summed E-state index contributed by atoms with van der Waals surface area (Å²) < 4.78 is 1.64. The summed E-state index contributed by atoms with van der Waals surface area (Å²) in [5.74, 6) is 0. The van der Waals surface area contributed by atoms with Crippen molar-refractivity contribution in [3.05, 3.63) is 87.4 Å². The van der Waals surface area contributed by atoms with E-state index in [4.69, 9.17) is 11.6 Å². The van der Waals surface area contributed by atoms with E-state index in [0.29, 0.717) is 17.0 Å². The molecule has 0 fully saturated rings. The third-order valence-corrected chi connectivity index (χ3v) is 5.68. The van der Waals surface area contributed by atoms with Gasteiger partial charge in [-0.15, -0.1) is 11.3 Å². The van der Waals surface area contributed by atoms with Gasteiger partial charge in [0.05, 0.1) is 18.3 Å². The predicted molar refractivity (Wildman–Crippen MR) is 105 cm³/mol. The minimum atomic E-state index is -0.0130. The van der Waals surface area contributed by atoms with Crippen molar-refractivity contribution in [1.82, 2.24) is 9.55 Å². The number of nitrogens with zero attached hydrogens (tertiary/aromatic N) is 2. The Labute approximate surface area is 154 Å². The lowest BCUT2D eigenvalue weighted by Crippen LogP contribution is -2.21. The Balaban J connectivity index is 1.83. The number of fused-ring (bicyclic) bond motifs is 1. The number of aromatic nitrogens is 2. The maximum absolute atomic E-state index is 13.0. The van der Waals surface area contributed by atoms with Crippen LogP contribution in [-0.2, 0) is 6.54 Å². The van der Waals surface area contributed by atoms with Gasteiger partial charge in [-0.1, -0.05) is 54.1 Å². The molecule has 25 heavy (non-hydrogen) atoms. The molecule has 4 rings (SSSR count). The first-order valence-electron chi connectivity index (χ1n) is 7.92. The van der Waals surface area contributed by atoms with Gasteiger partial charge in [0.1, 0.15) is 4.83 Å². The zero-order valence-electron chi connectivity index (χ0n) is 13.6. The van der Waals surface area contributed by atoms with Crippen molar-refractivity contribution in [2.75, 3.05) is 0 Å². The maximum atomic E-state index is 13.0. The first kappa shape index (κ1) is 16.1. The number of hydrogen-bond acceptors (Lipinski definition) is 3. The lowest BCUT2D eigenvalue weighted by atomic mass is 10.1. The van der Waals surface area contributed by atoms with E-state index in [1.807, 2.05) is 49.4 Å². The summed E-state index contributed by atoms with van der Waals surface area (Å²) in [6.07, 6.45) is 1.62. The van der Waals surface area contributed by atoms with Crippen LogP contribution in [0.5, 0.6) is 0 Å². The molecular weight excluding hydrogens is 352 g/mol. The van der Waals surface area contributed by atoms with Gasteiger partial charge in [-0.25, -0.2) is 4.98 Å². The van der Waals surface area contributed by atoms with Crippen LogP contribution in [0.4, 0.5) is 0 Å². The van der Waals surface area contributed by atoms with E-state index in [9.17, 15) is 4.79 Å². The van der Waals surface area contributed by atoms with Crippen LogP contribution in [0, 0.1) is 6.92 Å². The molecule has 5 heteroatoms. The molecule has 0 N–H and O–H groups in total. The molecule has 0 aliphatic carbocycles. The fourth-order valence-electron chi connectivity index (χ4n) is 2.97. The minimum absolute atomic E-state index is 0.0130. The average Bonchev–Trinajstić information content (AvgIpc) is 2.96. The van der Waals surface area contributed by atoms with Gasteiger partial charge in [0.15, 0.2) is 0 Å². The van der Waals surface area contributed by atoms with Crippen LogP contribution >= 0.6 is 22.9 Å². The average molecular weight is 367 g/mol.